The molecule has 0 aliphatic heterocycles. The summed E-state index contributed by atoms with van der Waals surface area (Å²) in [6, 6.07) is 7.22. The van der Waals surface area contributed by atoms with E-state index in [9.17, 15) is 22.4 Å². The fraction of sp³-hybridized carbons (Fsp3) is 0.100. The lowest BCUT2D eigenvalue weighted by Crippen LogP contribution is -2.07. The Morgan fingerprint density at radius 3 is 2.55 bits per heavy atom. The molecular weight excluding hydrogens is 388 g/mol. The van der Waals surface area contributed by atoms with E-state index in [0.717, 1.165) is 12.1 Å². The number of fused-ring (bicyclic) bond motifs is 1. The van der Waals surface area contributed by atoms with Crippen molar-refractivity contribution in [3.63, 3.8) is 0 Å². The highest BCUT2D eigenvalue weighted by atomic mass is 19.4. The average molecular weight is 400 g/mol. The minimum absolute atomic E-state index is 0.00649. The first-order valence-electron chi connectivity index (χ1n) is 8.45. The Morgan fingerprint density at radius 2 is 1.76 bits per heavy atom. The second-order valence-electron chi connectivity index (χ2n) is 6.35. The Labute approximate surface area is 161 Å². The number of pyridine rings is 2. The van der Waals surface area contributed by atoms with Gasteiger partial charge in [0.1, 0.15) is 11.3 Å². The van der Waals surface area contributed by atoms with Crippen molar-refractivity contribution in [2.24, 2.45) is 0 Å². The maximum absolute atomic E-state index is 13.6. The third kappa shape index (κ3) is 3.84. The Hall–Kier alpha value is -3.62. The molecule has 0 amide bonds. The number of alkyl halides is 3. The maximum Gasteiger partial charge on any atom is 0.416 e. The van der Waals surface area contributed by atoms with E-state index in [4.69, 9.17) is 0 Å². The zero-order chi connectivity index (χ0) is 20.6. The average Bonchev–Trinajstić information content (AvgIpc) is 2.67. The third-order valence-electron chi connectivity index (χ3n) is 4.32. The molecule has 0 aliphatic rings. The second-order valence-corrected chi connectivity index (χ2v) is 6.35. The number of nitrogens with one attached hydrogen (secondary N) is 1. The van der Waals surface area contributed by atoms with Crippen molar-refractivity contribution < 1.29 is 17.6 Å². The molecule has 3 heterocycles. The predicted molar refractivity (Wildman–Crippen MR) is 97.6 cm³/mol. The number of benzene rings is 1. The largest absolute Gasteiger partial charge is 0.416 e. The van der Waals surface area contributed by atoms with Crippen molar-refractivity contribution in [2.75, 3.05) is 0 Å². The Bertz CT molecular complexity index is 1270. The van der Waals surface area contributed by atoms with Gasteiger partial charge in [-0.25, -0.2) is 9.37 Å². The van der Waals surface area contributed by atoms with Gasteiger partial charge in [0, 0.05) is 30.1 Å². The first-order chi connectivity index (χ1) is 13.8. The van der Waals surface area contributed by atoms with Crippen molar-refractivity contribution in [1.82, 2.24) is 19.9 Å². The molecule has 5 nitrogen and oxygen atoms in total. The van der Waals surface area contributed by atoms with Gasteiger partial charge in [0.05, 0.1) is 23.0 Å². The standard InChI is InChI=1S/C20H12F4N4O/c21-14-6-11(5-13(9-14)20(22,23)24)7-15-8-12(1-3-25-15)17-18-16(2-4-26-17)19(29)28-10-27-18/h1-6,8-10H,7H2,(H,27,28,29). The summed E-state index contributed by atoms with van der Waals surface area (Å²) in [4.78, 5) is 27.0. The number of halogens is 4. The summed E-state index contributed by atoms with van der Waals surface area (Å²) in [6.45, 7) is 0. The molecule has 146 valence electrons. The van der Waals surface area contributed by atoms with Gasteiger partial charge < -0.3 is 4.98 Å². The smallest absolute Gasteiger partial charge is 0.313 e. The second kappa shape index (κ2) is 7.08. The van der Waals surface area contributed by atoms with Crippen LogP contribution < -0.4 is 5.56 Å². The maximum atomic E-state index is 13.6. The van der Waals surface area contributed by atoms with Gasteiger partial charge in [0.2, 0.25) is 0 Å². The van der Waals surface area contributed by atoms with Crippen LogP contribution in [0.1, 0.15) is 16.8 Å². The van der Waals surface area contributed by atoms with Gasteiger partial charge in [-0.3, -0.25) is 14.8 Å². The summed E-state index contributed by atoms with van der Waals surface area (Å²) in [5, 5.41) is 0.357. The van der Waals surface area contributed by atoms with Crippen LogP contribution in [0.4, 0.5) is 17.6 Å². The number of nitrogens with zero attached hydrogens (tertiary/aromatic N) is 3. The number of aromatic amines is 1. The molecule has 0 bridgehead atoms. The van der Waals surface area contributed by atoms with Crippen molar-refractivity contribution >= 4 is 10.9 Å². The van der Waals surface area contributed by atoms with Crippen molar-refractivity contribution in [3.05, 3.63) is 88.1 Å². The molecule has 0 saturated heterocycles. The molecule has 0 spiro atoms. The molecule has 9 heteroatoms. The quantitative estimate of drug-likeness (QED) is 0.525. The molecule has 4 aromatic rings. The predicted octanol–water partition coefficient (Wildman–Crippen LogP) is 4.13. The van der Waals surface area contributed by atoms with E-state index in [1.807, 2.05) is 0 Å². The Kier molecular flexibility index (Phi) is 4.57. The molecule has 1 aromatic carbocycles. The Balaban J connectivity index is 1.74. The van der Waals surface area contributed by atoms with Crippen LogP contribution in [0.25, 0.3) is 22.2 Å². The zero-order valence-corrected chi connectivity index (χ0v) is 14.7. The highest BCUT2D eigenvalue weighted by molar-refractivity contribution is 5.90. The lowest BCUT2D eigenvalue weighted by molar-refractivity contribution is -0.137. The molecule has 0 radical (unpaired) electrons. The zero-order valence-electron chi connectivity index (χ0n) is 14.7. The van der Waals surface area contributed by atoms with Crippen molar-refractivity contribution in [3.8, 4) is 11.3 Å². The summed E-state index contributed by atoms with van der Waals surface area (Å²) in [5.74, 6) is -0.967. The van der Waals surface area contributed by atoms with Gasteiger partial charge in [-0.1, -0.05) is 0 Å². The number of hydrogen-bond donors (Lipinski definition) is 1. The van der Waals surface area contributed by atoms with Gasteiger partial charge in [-0.05, 0) is 42.0 Å². The van der Waals surface area contributed by atoms with Crippen LogP contribution in [0.3, 0.4) is 0 Å². The van der Waals surface area contributed by atoms with Crippen LogP contribution in [0, 0.1) is 5.82 Å². The Morgan fingerprint density at radius 1 is 0.966 bits per heavy atom. The molecule has 0 atom stereocenters. The molecule has 4 rings (SSSR count). The summed E-state index contributed by atoms with van der Waals surface area (Å²) >= 11 is 0. The molecular formula is C20H12F4N4O. The number of hydrogen-bond acceptors (Lipinski definition) is 4. The lowest BCUT2D eigenvalue weighted by atomic mass is 10.0. The van der Waals surface area contributed by atoms with Crippen LogP contribution >= 0.6 is 0 Å². The topological polar surface area (TPSA) is 71.5 Å². The van der Waals surface area contributed by atoms with Crippen LogP contribution in [0.2, 0.25) is 0 Å². The fourth-order valence-corrected chi connectivity index (χ4v) is 3.06. The van der Waals surface area contributed by atoms with E-state index in [-0.39, 0.29) is 17.5 Å². The summed E-state index contributed by atoms with van der Waals surface area (Å²) in [6.07, 6.45) is -0.437. The van der Waals surface area contributed by atoms with Crippen LogP contribution in [-0.4, -0.2) is 19.9 Å². The van der Waals surface area contributed by atoms with Crippen LogP contribution in [0.15, 0.2) is 59.9 Å². The minimum atomic E-state index is -4.64. The SMILES string of the molecule is O=c1[nH]cnc2c(-c3ccnc(Cc4cc(F)cc(C(F)(F)F)c4)c3)nccc12. The summed E-state index contributed by atoms with van der Waals surface area (Å²) in [7, 11) is 0. The number of H-pyrrole nitrogens is 1. The van der Waals surface area contributed by atoms with Crippen molar-refractivity contribution in [2.45, 2.75) is 12.6 Å². The van der Waals surface area contributed by atoms with E-state index in [1.54, 1.807) is 12.1 Å². The first-order valence-corrected chi connectivity index (χ1v) is 8.45. The lowest BCUT2D eigenvalue weighted by Gasteiger charge is -2.10. The van der Waals surface area contributed by atoms with Crippen LogP contribution in [0.5, 0.6) is 0 Å². The molecule has 3 aromatic heterocycles. The first kappa shape index (κ1) is 18.7. The van der Waals surface area contributed by atoms with Gasteiger partial charge in [-0.15, -0.1) is 0 Å². The monoisotopic (exact) mass is 400 g/mol. The van der Waals surface area contributed by atoms with Gasteiger partial charge in [-0.2, -0.15) is 13.2 Å². The molecule has 1 N–H and O–H groups in total. The molecule has 0 fully saturated rings. The highest BCUT2D eigenvalue weighted by Crippen LogP contribution is 2.31. The molecule has 0 aliphatic carbocycles. The normalized spacial score (nSPS) is 11.7. The summed E-state index contributed by atoms with van der Waals surface area (Å²) < 4.78 is 52.4. The van der Waals surface area contributed by atoms with E-state index in [2.05, 4.69) is 19.9 Å². The van der Waals surface area contributed by atoms with Crippen molar-refractivity contribution in [1.29, 1.82) is 0 Å². The molecule has 29 heavy (non-hydrogen) atoms. The van der Waals surface area contributed by atoms with E-state index >= 15 is 0 Å². The highest BCUT2D eigenvalue weighted by Gasteiger charge is 2.31. The van der Waals surface area contributed by atoms with Crippen LogP contribution in [-0.2, 0) is 12.6 Å². The van der Waals surface area contributed by atoms with Gasteiger partial charge in [0.25, 0.3) is 5.56 Å². The fourth-order valence-electron chi connectivity index (χ4n) is 3.06. The van der Waals surface area contributed by atoms with E-state index in [0.29, 0.717) is 33.9 Å². The summed E-state index contributed by atoms with van der Waals surface area (Å²) in [5.41, 5.74) is 0.611. The van der Waals surface area contributed by atoms with Gasteiger partial charge in [0.15, 0.2) is 0 Å². The minimum Gasteiger partial charge on any atom is -0.313 e. The molecule has 0 saturated carbocycles. The number of rotatable bonds is 3. The van der Waals surface area contributed by atoms with E-state index in [1.165, 1.54) is 24.8 Å². The third-order valence-corrected chi connectivity index (χ3v) is 4.32. The number of aromatic nitrogens is 4. The van der Waals surface area contributed by atoms with Gasteiger partial charge >= 0.3 is 6.18 Å². The van der Waals surface area contributed by atoms with E-state index < -0.39 is 17.6 Å². The molecule has 0 unspecified atom stereocenters.